The molecule has 0 radical (unpaired) electrons. The normalized spacial score (nSPS) is 23.4. The Kier molecular flexibility index (Phi) is 5.38. The third kappa shape index (κ3) is 4.69. The predicted octanol–water partition coefficient (Wildman–Crippen LogP) is 2.69. The van der Waals surface area contributed by atoms with Crippen molar-refractivity contribution in [1.29, 1.82) is 0 Å². The van der Waals surface area contributed by atoms with Gasteiger partial charge in [-0.1, -0.05) is 6.92 Å². The molecule has 1 rings (SSSR count). The minimum atomic E-state index is -0.281. The van der Waals surface area contributed by atoms with Crippen LogP contribution in [0.5, 0.6) is 0 Å². The SMILES string of the molecule is CCSCCS[P+](=S)C1CO1. The lowest BCUT2D eigenvalue weighted by Gasteiger charge is -1.90. The summed E-state index contributed by atoms with van der Waals surface area (Å²) in [4.78, 5) is 0. The molecule has 1 nitrogen and oxygen atoms in total. The monoisotopic (exact) mass is 227 g/mol. The van der Waals surface area contributed by atoms with Crippen LogP contribution in [0.25, 0.3) is 0 Å². The van der Waals surface area contributed by atoms with Gasteiger partial charge in [0.15, 0.2) is 11.8 Å². The molecule has 0 bridgehead atoms. The van der Waals surface area contributed by atoms with Gasteiger partial charge in [0.1, 0.15) is 6.61 Å². The van der Waals surface area contributed by atoms with E-state index in [-0.39, 0.29) is 5.90 Å². The molecule has 1 saturated heterocycles. The maximum atomic E-state index is 5.27. The van der Waals surface area contributed by atoms with Gasteiger partial charge in [-0.3, -0.25) is 0 Å². The zero-order valence-corrected chi connectivity index (χ0v) is 9.83. The Balaban J connectivity index is 1.89. The Morgan fingerprint density at radius 1 is 1.64 bits per heavy atom. The largest absolute Gasteiger partial charge is 0.327 e. The number of ether oxygens (including phenoxy) is 1. The van der Waals surface area contributed by atoms with Gasteiger partial charge < -0.3 is 4.74 Å². The van der Waals surface area contributed by atoms with E-state index in [9.17, 15) is 0 Å². The molecule has 0 amide bonds. The molecule has 64 valence electrons. The summed E-state index contributed by atoms with van der Waals surface area (Å²) in [6, 6.07) is 0. The summed E-state index contributed by atoms with van der Waals surface area (Å²) in [5.41, 5.74) is 0. The van der Waals surface area contributed by atoms with Crippen molar-refractivity contribution in [3.05, 3.63) is 0 Å². The molecule has 0 saturated carbocycles. The molecular formula is C6H12OPS3+. The van der Waals surface area contributed by atoms with Gasteiger partial charge in [-0.05, 0) is 5.75 Å². The van der Waals surface area contributed by atoms with Crippen LogP contribution in [-0.2, 0) is 16.5 Å². The molecule has 1 fully saturated rings. The minimum Gasteiger partial charge on any atom is -0.327 e. The van der Waals surface area contributed by atoms with E-state index in [1.165, 1.54) is 17.3 Å². The quantitative estimate of drug-likeness (QED) is 0.393. The Bertz CT molecular complexity index is 138. The van der Waals surface area contributed by atoms with Crippen LogP contribution < -0.4 is 0 Å². The van der Waals surface area contributed by atoms with Crippen LogP contribution in [0.15, 0.2) is 0 Å². The minimum absolute atomic E-state index is 0.281. The molecule has 0 aromatic heterocycles. The number of thioether (sulfide) groups is 1. The smallest absolute Gasteiger partial charge is 0.279 e. The van der Waals surface area contributed by atoms with E-state index < -0.39 is 0 Å². The highest BCUT2D eigenvalue weighted by molar-refractivity contribution is 8.64. The molecule has 0 aliphatic carbocycles. The molecule has 2 atom stereocenters. The van der Waals surface area contributed by atoms with Crippen LogP contribution in [0.4, 0.5) is 0 Å². The predicted molar refractivity (Wildman–Crippen MR) is 59.5 cm³/mol. The maximum absolute atomic E-state index is 5.27. The average Bonchev–Trinajstić information content (AvgIpc) is 2.79. The molecule has 5 heteroatoms. The fraction of sp³-hybridized carbons (Fsp3) is 1.00. The first-order chi connectivity index (χ1) is 5.34. The topological polar surface area (TPSA) is 12.5 Å². The fourth-order valence-electron chi connectivity index (χ4n) is 0.578. The number of rotatable bonds is 6. The Hall–Kier alpha value is 1.18. The summed E-state index contributed by atoms with van der Waals surface area (Å²) in [7, 11) is 0. The Labute approximate surface area is 82.2 Å². The fourth-order valence-corrected chi connectivity index (χ4v) is 5.42. The first kappa shape index (κ1) is 10.3. The van der Waals surface area contributed by atoms with E-state index in [4.69, 9.17) is 16.5 Å². The highest BCUT2D eigenvalue weighted by Gasteiger charge is 2.39. The third-order valence-corrected chi connectivity index (χ3v) is 7.44. The van der Waals surface area contributed by atoms with E-state index in [2.05, 4.69) is 6.92 Å². The van der Waals surface area contributed by atoms with Crippen molar-refractivity contribution in [1.82, 2.24) is 0 Å². The first-order valence-corrected chi connectivity index (χ1v) is 8.80. The van der Waals surface area contributed by atoms with E-state index >= 15 is 0 Å². The number of hydrogen-bond donors (Lipinski definition) is 0. The molecule has 1 heterocycles. The zero-order valence-electron chi connectivity index (χ0n) is 6.49. The molecule has 0 N–H and O–H groups in total. The van der Waals surface area contributed by atoms with E-state index in [0.29, 0.717) is 5.85 Å². The summed E-state index contributed by atoms with van der Waals surface area (Å²) in [5.74, 6) is 3.83. The number of hydrogen-bond acceptors (Lipinski definition) is 4. The van der Waals surface area contributed by atoms with Crippen molar-refractivity contribution in [3.8, 4) is 0 Å². The van der Waals surface area contributed by atoms with Crippen molar-refractivity contribution in [2.75, 3.05) is 23.9 Å². The van der Waals surface area contributed by atoms with Crippen LogP contribution in [0.3, 0.4) is 0 Å². The second-order valence-electron chi connectivity index (χ2n) is 2.10. The van der Waals surface area contributed by atoms with Crippen molar-refractivity contribution < 1.29 is 4.74 Å². The lowest BCUT2D eigenvalue weighted by molar-refractivity contribution is 0.459. The van der Waals surface area contributed by atoms with E-state index in [1.54, 1.807) is 0 Å². The van der Waals surface area contributed by atoms with Gasteiger partial charge in [-0.2, -0.15) is 11.8 Å². The molecule has 11 heavy (non-hydrogen) atoms. The molecule has 0 aromatic rings. The highest BCUT2D eigenvalue weighted by atomic mass is 32.9. The number of epoxide rings is 1. The summed E-state index contributed by atoms with van der Waals surface area (Å²) >= 11 is 9.17. The van der Waals surface area contributed by atoms with Crippen molar-refractivity contribution in [2.45, 2.75) is 12.8 Å². The zero-order chi connectivity index (χ0) is 8.10. The van der Waals surface area contributed by atoms with Crippen LogP contribution >= 0.6 is 29.0 Å². The van der Waals surface area contributed by atoms with Crippen molar-refractivity contribution in [3.63, 3.8) is 0 Å². The van der Waals surface area contributed by atoms with Gasteiger partial charge in [0, 0.05) is 11.5 Å². The van der Waals surface area contributed by atoms with E-state index in [1.807, 2.05) is 23.1 Å². The lowest BCUT2D eigenvalue weighted by Crippen LogP contribution is -1.82. The van der Waals surface area contributed by atoms with E-state index in [0.717, 1.165) is 6.61 Å². The summed E-state index contributed by atoms with van der Waals surface area (Å²) in [5, 5.41) is 0. The molecular weight excluding hydrogens is 215 g/mol. The van der Waals surface area contributed by atoms with Gasteiger partial charge in [-0.25, -0.2) is 0 Å². The third-order valence-electron chi connectivity index (χ3n) is 1.20. The second-order valence-corrected chi connectivity index (χ2v) is 9.14. The van der Waals surface area contributed by atoms with Crippen LogP contribution in [0.1, 0.15) is 6.92 Å². The van der Waals surface area contributed by atoms with Crippen LogP contribution in [-0.4, -0.2) is 29.7 Å². The Morgan fingerprint density at radius 2 is 2.36 bits per heavy atom. The molecule has 1 aliphatic rings. The summed E-state index contributed by atoms with van der Waals surface area (Å²) in [6.45, 7) is 3.11. The van der Waals surface area contributed by atoms with Gasteiger partial charge in [0.25, 0.3) is 11.7 Å². The van der Waals surface area contributed by atoms with Crippen molar-refractivity contribution in [2.24, 2.45) is 0 Å². The molecule has 1 aliphatic heterocycles. The highest BCUT2D eigenvalue weighted by Crippen LogP contribution is 2.48. The first-order valence-electron chi connectivity index (χ1n) is 3.63. The van der Waals surface area contributed by atoms with Crippen LogP contribution in [0, 0.1) is 0 Å². The van der Waals surface area contributed by atoms with Crippen LogP contribution in [0.2, 0.25) is 0 Å². The Morgan fingerprint density at radius 3 is 2.91 bits per heavy atom. The summed E-state index contributed by atoms with van der Waals surface area (Å²) < 4.78 is 5.12. The lowest BCUT2D eigenvalue weighted by atomic mass is 10.9. The average molecular weight is 227 g/mol. The van der Waals surface area contributed by atoms with Gasteiger partial charge in [-0.15, -0.1) is 0 Å². The molecule has 0 aromatic carbocycles. The molecule has 2 unspecified atom stereocenters. The second kappa shape index (κ2) is 5.76. The van der Waals surface area contributed by atoms with Gasteiger partial charge in [0.2, 0.25) is 0 Å². The van der Waals surface area contributed by atoms with Gasteiger partial charge >= 0.3 is 0 Å². The maximum Gasteiger partial charge on any atom is 0.279 e. The molecule has 0 spiro atoms. The van der Waals surface area contributed by atoms with Gasteiger partial charge in [0.05, 0.1) is 11.4 Å². The standard InChI is InChI=1S/C6H12OPS3/c1-2-10-3-4-11-8(9)6-5-7-6/h6H,2-5H2,1H3/q+1. The van der Waals surface area contributed by atoms with Crippen molar-refractivity contribution >= 4 is 40.8 Å². The summed E-state index contributed by atoms with van der Waals surface area (Å²) in [6.07, 6.45) is 0.